The third-order valence-electron chi connectivity index (χ3n) is 2.42. The second-order valence-electron chi connectivity index (χ2n) is 3.95. The third kappa shape index (κ3) is 2.94. The SMILES string of the molecule is CCCNCCOc1nccn2nc(C)cc12. The molecule has 2 rings (SSSR count). The fourth-order valence-corrected chi connectivity index (χ4v) is 1.65. The number of aryl methyl sites for hydroxylation is 1. The summed E-state index contributed by atoms with van der Waals surface area (Å²) in [6.45, 7) is 6.58. The van der Waals surface area contributed by atoms with Crippen molar-refractivity contribution in [2.45, 2.75) is 20.3 Å². The van der Waals surface area contributed by atoms with Gasteiger partial charge < -0.3 is 10.1 Å². The van der Waals surface area contributed by atoms with Crippen molar-refractivity contribution in [1.29, 1.82) is 0 Å². The number of hydrogen-bond donors (Lipinski definition) is 1. The Morgan fingerprint density at radius 1 is 1.41 bits per heavy atom. The molecule has 0 unspecified atom stereocenters. The van der Waals surface area contributed by atoms with Crippen LogP contribution in [0.3, 0.4) is 0 Å². The molecule has 2 aromatic rings. The highest BCUT2D eigenvalue weighted by molar-refractivity contribution is 5.56. The van der Waals surface area contributed by atoms with Crippen molar-refractivity contribution < 1.29 is 4.74 Å². The van der Waals surface area contributed by atoms with E-state index < -0.39 is 0 Å². The summed E-state index contributed by atoms with van der Waals surface area (Å²) in [7, 11) is 0. The highest BCUT2D eigenvalue weighted by Gasteiger charge is 2.05. The molecule has 0 fully saturated rings. The van der Waals surface area contributed by atoms with Crippen molar-refractivity contribution in [2.24, 2.45) is 0 Å². The summed E-state index contributed by atoms with van der Waals surface area (Å²) in [5.41, 5.74) is 1.88. The number of fused-ring (bicyclic) bond motifs is 1. The maximum absolute atomic E-state index is 5.64. The van der Waals surface area contributed by atoms with E-state index in [1.165, 1.54) is 0 Å². The van der Waals surface area contributed by atoms with Gasteiger partial charge >= 0.3 is 0 Å². The lowest BCUT2D eigenvalue weighted by molar-refractivity contribution is 0.305. The summed E-state index contributed by atoms with van der Waals surface area (Å²) in [6.07, 6.45) is 4.66. The maximum Gasteiger partial charge on any atom is 0.240 e. The van der Waals surface area contributed by atoms with Crippen LogP contribution in [0.1, 0.15) is 19.0 Å². The topological polar surface area (TPSA) is 51.5 Å². The Bertz CT molecular complexity index is 480. The van der Waals surface area contributed by atoms with Gasteiger partial charge in [0.25, 0.3) is 0 Å². The van der Waals surface area contributed by atoms with E-state index in [-0.39, 0.29) is 0 Å². The van der Waals surface area contributed by atoms with E-state index in [1.807, 2.05) is 19.2 Å². The number of nitrogens with zero attached hydrogens (tertiary/aromatic N) is 3. The summed E-state index contributed by atoms with van der Waals surface area (Å²) < 4.78 is 7.43. The van der Waals surface area contributed by atoms with Crippen LogP contribution < -0.4 is 10.1 Å². The summed E-state index contributed by atoms with van der Waals surface area (Å²) in [4.78, 5) is 4.23. The van der Waals surface area contributed by atoms with Gasteiger partial charge in [0.1, 0.15) is 12.1 Å². The van der Waals surface area contributed by atoms with Gasteiger partial charge in [-0.2, -0.15) is 5.10 Å². The summed E-state index contributed by atoms with van der Waals surface area (Å²) in [6, 6.07) is 1.97. The number of ether oxygens (including phenoxy) is 1. The van der Waals surface area contributed by atoms with Crippen LogP contribution in [0.25, 0.3) is 5.52 Å². The standard InChI is InChI=1S/C12H18N4O/c1-3-4-13-6-8-17-12-11-9-10(2)15-16(11)7-5-14-12/h5,7,9,13H,3-4,6,8H2,1-2H3. The van der Waals surface area contributed by atoms with Gasteiger partial charge in [0, 0.05) is 18.9 Å². The molecule has 92 valence electrons. The van der Waals surface area contributed by atoms with Crippen LogP contribution >= 0.6 is 0 Å². The van der Waals surface area contributed by atoms with Gasteiger partial charge in [-0.15, -0.1) is 0 Å². The third-order valence-corrected chi connectivity index (χ3v) is 2.42. The lowest BCUT2D eigenvalue weighted by Gasteiger charge is -2.06. The Kier molecular flexibility index (Phi) is 3.93. The molecule has 0 atom stereocenters. The van der Waals surface area contributed by atoms with Gasteiger partial charge in [-0.25, -0.2) is 9.50 Å². The Labute approximate surface area is 101 Å². The monoisotopic (exact) mass is 234 g/mol. The number of hydrogen-bond acceptors (Lipinski definition) is 4. The molecule has 0 aliphatic rings. The van der Waals surface area contributed by atoms with E-state index >= 15 is 0 Å². The zero-order chi connectivity index (χ0) is 12.1. The van der Waals surface area contributed by atoms with Crippen molar-refractivity contribution in [2.75, 3.05) is 19.7 Å². The molecule has 5 nitrogen and oxygen atoms in total. The van der Waals surface area contributed by atoms with Gasteiger partial charge in [-0.1, -0.05) is 6.92 Å². The van der Waals surface area contributed by atoms with E-state index in [0.29, 0.717) is 12.5 Å². The number of aromatic nitrogens is 3. The number of nitrogens with one attached hydrogen (secondary N) is 1. The predicted molar refractivity (Wildman–Crippen MR) is 66.4 cm³/mol. The average molecular weight is 234 g/mol. The first-order valence-electron chi connectivity index (χ1n) is 5.95. The van der Waals surface area contributed by atoms with Crippen LogP contribution in [0.5, 0.6) is 5.88 Å². The largest absolute Gasteiger partial charge is 0.475 e. The van der Waals surface area contributed by atoms with Crippen molar-refractivity contribution >= 4 is 5.52 Å². The van der Waals surface area contributed by atoms with Gasteiger partial charge in [0.15, 0.2) is 0 Å². The summed E-state index contributed by atoms with van der Waals surface area (Å²) in [5, 5.41) is 7.60. The van der Waals surface area contributed by atoms with E-state index in [1.54, 1.807) is 10.7 Å². The summed E-state index contributed by atoms with van der Waals surface area (Å²) in [5.74, 6) is 0.645. The quantitative estimate of drug-likeness (QED) is 0.768. The Morgan fingerprint density at radius 3 is 3.12 bits per heavy atom. The Morgan fingerprint density at radius 2 is 2.29 bits per heavy atom. The molecule has 17 heavy (non-hydrogen) atoms. The maximum atomic E-state index is 5.64. The van der Waals surface area contributed by atoms with Gasteiger partial charge in [0.05, 0.1) is 5.69 Å². The number of rotatable bonds is 6. The predicted octanol–water partition coefficient (Wildman–Crippen LogP) is 1.42. The molecule has 0 spiro atoms. The minimum atomic E-state index is 0.622. The second kappa shape index (κ2) is 5.63. The highest BCUT2D eigenvalue weighted by Crippen LogP contribution is 2.16. The van der Waals surface area contributed by atoms with E-state index in [4.69, 9.17) is 4.74 Å². The molecule has 0 saturated carbocycles. The van der Waals surface area contributed by atoms with Crippen LogP contribution in [-0.4, -0.2) is 34.3 Å². The van der Waals surface area contributed by atoms with Crippen molar-refractivity contribution in [1.82, 2.24) is 19.9 Å². The molecule has 5 heteroatoms. The molecule has 0 radical (unpaired) electrons. The van der Waals surface area contributed by atoms with Crippen molar-refractivity contribution in [3.05, 3.63) is 24.2 Å². The minimum absolute atomic E-state index is 0.622. The zero-order valence-electron chi connectivity index (χ0n) is 10.3. The Hall–Kier alpha value is -1.62. The molecule has 0 aromatic carbocycles. The fourth-order valence-electron chi connectivity index (χ4n) is 1.65. The van der Waals surface area contributed by atoms with Gasteiger partial charge in [-0.05, 0) is 26.0 Å². The molecule has 2 aromatic heterocycles. The zero-order valence-corrected chi connectivity index (χ0v) is 10.3. The normalized spacial score (nSPS) is 10.9. The molecule has 0 saturated heterocycles. The molecule has 0 aliphatic heterocycles. The van der Waals surface area contributed by atoms with Crippen LogP contribution in [0.4, 0.5) is 0 Å². The second-order valence-corrected chi connectivity index (χ2v) is 3.95. The van der Waals surface area contributed by atoms with Crippen molar-refractivity contribution in [3.8, 4) is 5.88 Å². The van der Waals surface area contributed by atoms with E-state index in [9.17, 15) is 0 Å². The first kappa shape index (κ1) is 11.9. The molecular formula is C12H18N4O. The van der Waals surface area contributed by atoms with E-state index in [2.05, 4.69) is 22.3 Å². The van der Waals surface area contributed by atoms with Gasteiger partial charge in [-0.3, -0.25) is 0 Å². The molecule has 2 heterocycles. The minimum Gasteiger partial charge on any atom is -0.475 e. The lowest BCUT2D eigenvalue weighted by Crippen LogP contribution is -2.21. The fraction of sp³-hybridized carbons (Fsp3) is 0.500. The van der Waals surface area contributed by atoms with Crippen LogP contribution in [0.15, 0.2) is 18.5 Å². The smallest absolute Gasteiger partial charge is 0.240 e. The first-order valence-corrected chi connectivity index (χ1v) is 5.95. The molecule has 1 N–H and O–H groups in total. The molecule has 0 amide bonds. The van der Waals surface area contributed by atoms with E-state index in [0.717, 1.165) is 30.7 Å². The molecule has 0 aliphatic carbocycles. The lowest BCUT2D eigenvalue weighted by atomic mass is 10.4. The van der Waals surface area contributed by atoms with Gasteiger partial charge in [0.2, 0.25) is 5.88 Å². The van der Waals surface area contributed by atoms with Crippen LogP contribution in [0, 0.1) is 6.92 Å². The van der Waals surface area contributed by atoms with Crippen LogP contribution in [0.2, 0.25) is 0 Å². The Balaban J connectivity index is 1.98. The highest BCUT2D eigenvalue weighted by atomic mass is 16.5. The molecule has 0 bridgehead atoms. The first-order chi connectivity index (χ1) is 8.31. The molecular weight excluding hydrogens is 216 g/mol. The van der Waals surface area contributed by atoms with Crippen molar-refractivity contribution in [3.63, 3.8) is 0 Å². The van der Waals surface area contributed by atoms with Crippen LogP contribution in [-0.2, 0) is 0 Å². The summed E-state index contributed by atoms with van der Waals surface area (Å²) >= 11 is 0. The average Bonchev–Trinajstić information content (AvgIpc) is 2.70.